The van der Waals surface area contributed by atoms with Crippen molar-refractivity contribution in [2.24, 2.45) is 0 Å². The highest BCUT2D eigenvalue weighted by Crippen LogP contribution is 2.43. The highest BCUT2D eigenvalue weighted by atomic mass is 19.4. The maximum absolute atomic E-state index is 13.0. The van der Waals surface area contributed by atoms with E-state index < -0.39 is 29.2 Å². The molecule has 7 nitrogen and oxygen atoms in total. The molecule has 2 aromatic rings. The number of hydrogen-bond acceptors (Lipinski definition) is 5. The van der Waals surface area contributed by atoms with E-state index in [1.165, 1.54) is 17.7 Å². The van der Waals surface area contributed by atoms with Crippen molar-refractivity contribution in [3.05, 3.63) is 71.3 Å². The first-order valence-corrected chi connectivity index (χ1v) is 13.5. The second-order valence-corrected chi connectivity index (χ2v) is 10.7. The molecular formula is C29H34F3N3O4. The molecule has 0 aliphatic carbocycles. The number of halogens is 3. The Kier molecular flexibility index (Phi) is 8.25. The minimum atomic E-state index is -4.56. The van der Waals surface area contributed by atoms with Gasteiger partial charge in [0.2, 0.25) is 5.91 Å². The monoisotopic (exact) mass is 545 g/mol. The van der Waals surface area contributed by atoms with E-state index in [-0.39, 0.29) is 24.1 Å². The SMILES string of the molecule is O=C(CNC(=O)c1cccc(C(F)(F)F)c1)NC1CN(C2CCCOCC2)C[C@@]12CC(c1ccccc1)CO2. The van der Waals surface area contributed by atoms with Crippen LogP contribution in [0.15, 0.2) is 54.6 Å². The van der Waals surface area contributed by atoms with Gasteiger partial charge < -0.3 is 20.1 Å². The van der Waals surface area contributed by atoms with Crippen LogP contribution in [0.1, 0.15) is 53.1 Å². The van der Waals surface area contributed by atoms with Gasteiger partial charge in [0.05, 0.1) is 24.8 Å². The third-order valence-corrected chi connectivity index (χ3v) is 8.09. The summed E-state index contributed by atoms with van der Waals surface area (Å²) in [6.07, 6.45) is -0.866. The van der Waals surface area contributed by atoms with Gasteiger partial charge in [0, 0.05) is 43.8 Å². The molecule has 2 N–H and O–H groups in total. The zero-order chi connectivity index (χ0) is 27.5. The Hall–Kier alpha value is -2.95. The standard InChI is InChI=1S/C29H34F3N3O4/c30-29(31,32)23-9-4-8-21(14-23)27(37)33-16-26(36)34-25-17-35(24-10-5-12-38-13-11-24)19-28(25)15-22(18-39-28)20-6-2-1-3-7-20/h1-4,6-9,14,22,24-25H,5,10-13,15-19H2,(H,33,37)(H,34,36)/t22?,24?,25?,28-/m0/s1. The highest BCUT2D eigenvalue weighted by Gasteiger charge is 2.54. The van der Waals surface area contributed by atoms with Crippen molar-refractivity contribution in [3.63, 3.8) is 0 Å². The van der Waals surface area contributed by atoms with Gasteiger partial charge in [0.1, 0.15) is 5.60 Å². The number of carbonyl (C=O) groups excluding carboxylic acids is 2. The molecular weight excluding hydrogens is 511 g/mol. The van der Waals surface area contributed by atoms with E-state index in [4.69, 9.17) is 9.47 Å². The molecule has 5 rings (SSSR count). The number of alkyl halides is 3. The van der Waals surface area contributed by atoms with Gasteiger partial charge in [0.25, 0.3) is 5.91 Å². The van der Waals surface area contributed by atoms with Crippen molar-refractivity contribution in [2.45, 2.75) is 55.5 Å². The fourth-order valence-electron chi connectivity index (χ4n) is 6.07. The number of likely N-dealkylation sites (tertiary alicyclic amines) is 1. The summed E-state index contributed by atoms with van der Waals surface area (Å²) in [6.45, 7) is 3.00. The quantitative estimate of drug-likeness (QED) is 0.578. The number of carbonyl (C=O) groups is 2. The number of hydrogen-bond donors (Lipinski definition) is 2. The normalized spacial score (nSPS) is 27.8. The van der Waals surface area contributed by atoms with Crippen LogP contribution in [0.4, 0.5) is 13.2 Å². The molecule has 0 bridgehead atoms. The van der Waals surface area contributed by atoms with Crippen LogP contribution in [0.25, 0.3) is 0 Å². The predicted octanol–water partition coefficient (Wildman–Crippen LogP) is 3.75. The molecule has 39 heavy (non-hydrogen) atoms. The summed E-state index contributed by atoms with van der Waals surface area (Å²) < 4.78 is 51.2. The van der Waals surface area contributed by atoms with Gasteiger partial charge in [-0.05, 0) is 49.4 Å². The molecule has 3 fully saturated rings. The van der Waals surface area contributed by atoms with Crippen molar-refractivity contribution in [3.8, 4) is 0 Å². The molecule has 210 valence electrons. The van der Waals surface area contributed by atoms with Gasteiger partial charge in [-0.25, -0.2) is 0 Å². The van der Waals surface area contributed by atoms with Crippen molar-refractivity contribution in [2.75, 3.05) is 39.5 Å². The third kappa shape index (κ3) is 6.45. The van der Waals surface area contributed by atoms with Crippen LogP contribution in [0.2, 0.25) is 0 Å². The molecule has 10 heteroatoms. The summed E-state index contributed by atoms with van der Waals surface area (Å²) in [5.41, 5.74) is -0.424. The summed E-state index contributed by atoms with van der Waals surface area (Å²) in [6, 6.07) is 14.4. The number of nitrogens with zero attached hydrogens (tertiary/aromatic N) is 1. The average molecular weight is 546 g/mol. The van der Waals surface area contributed by atoms with E-state index in [1.807, 2.05) is 18.2 Å². The molecule has 4 atom stereocenters. The second-order valence-electron chi connectivity index (χ2n) is 10.7. The maximum atomic E-state index is 13.0. The summed E-state index contributed by atoms with van der Waals surface area (Å²) in [5.74, 6) is -0.931. The Bertz CT molecular complexity index is 1150. The highest BCUT2D eigenvalue weighted by molar-refractivity contribution is 5.96. The van der Waals surface area contributed by atoms with E-state index in [0.717, 1.165) is 44.4 Å². The number of rotatable bonds is 6. The van der Waals surface area contributed by atoms with Gasteiger partial charge >= 0.3 is 6.18 Å². The van der Waals surface area contributed by atoms with Gasteiger partial charge in [-0.3, -0.25) is 14.5 Å². The summed E-state index contributed by atoms with van der Waals surface area (Å²) in [7, 11) is 0. The summed E-state index contributed by atoms with van der Waals surface area (Å²) >= 11 is 0. The predicted molar refractivity (Wildman–Crippen MR) is 138 cm³/mol. The molecule has 3 aliphatic rings. The lowest BCUT2D eigenvalue weighted by molar-refractivity contribution is -0.137. The first-order chi connectivity index (χ1) is 18.7. The lowest BCUT2D eigenvalue weighted by Crippen LogP contribution is -2.53. The Labute approximate surface area is 226 Å². The zero-order valence-electron chi connectivity index (χ0n) is 21.7. The minimum absolute atomic E-state index is 0.151. The Balaban J connectivity index is 1.25. The summed E-state index contributed by atoms with van der Waals surface area (Å²) in [5, 5.41) is 5.54. The maximum Gasteiger partial charge on any atom is 0.416 e. The van der Waals surface area contributed by atoms with Crippen LogP contribution in [-0.2, 0) is 20.4 Å². The first-order valence-electron chi connectivity index (χ1n) is 13.5. The van der Waals surface area contributed by atoms with E-state index in [1.54, 1.807) is 0 Å². The Morgan fingerprint density at radius 2 is 1.87 bits per heavy atom. The molecule has 0 radical (unpaired) electrons. The van der Waals surface area contributed by atoms with Crippen LogP contribution in [0, 0.1) is 0 Å². The molecule has 3 saturated heterocycles. The van der Waals surface area contributed by atoms with Crippen molar-refractivity contribution >= 4 is 11.8 Å². The fraction of sp³-hybridized carbons (Fsp3) is 0.517. The molecule has 3 heterocycles. The van der Waals surface area contributed by atoms with Crippen molar-refractivity contribution < 1.29 is 32.2 Å². The zero-order valence-corrected chi connectivity index (χ0v) is 21.7. The molecule has 2 amide bonds. The minimum Gasteiger partial charge on any atom is -0.381 e. The van der Waals surface area contributed by atoms with E-state index >= 15 is 0 Å². The summed E-state index contributed by atoms with van der Waals surface area (Å²) in [4.78, 5) is 27.9. The molecule has 0 saturated carbocycles. The van der Waals surface area contributed by atoms with Crippen LogP contribution in [-0.4, -0.2) is 73.9 Å². The Morgan fingerprint density at radius 3 is 2.67 bits per heavy atom. The lowest BCUT2D eigenvalue weighted by atomic mass is 9.86. The van der Waals surface area contributed by atoms with E-state index in [0.29, 0.717) is 32.3 Å². The van der Waals surface area contributed by atoms with Crippen LogP contribution >= 0.6 is 0 Å². The topological polar surface area (TPSA) is 79.9 Å². The molecule has 3 aliphatic heterocycles. The third-order valence-electron chi connectivity index (χ3n) is 8.09. The number of nitrogens with one attached hydrogen (secondary N) is 2. The molecule has 0 aromatic heterocycles. The van der Waals surface area contributed by atoms with Crippen LogP contribution in [0.3, 0.4) is 0 Å². The molecule has 2 aromatic carbocycles. The molecule has 1 spiro atoms. The lowest BCUT2D eigenvalue weighted by Gasteiger charge is -2.31. The van der Waals surface area contributed by atoms with Crippen molar-refractivity contribution in [1.29, 1.82) is 0 Å². The average Bonchev–Trinajstić information content (AvgIpc) is 3.39. The van der Waals surface area contributed by atoms with Crippen LogP contribution in [0.5, 0.6) is 0 Å². The van der Waals surface area contributed by atoms with E-state index in [2.05, 4.69) is 27.7 Å². The van der Waals surface area contributed by atoms with Gasteiger partial charge in [-0.15, -0.1) is 0 Å². The first kappa shape index (κ1) is 27.6. The van der Waals surface area contributed by atoms with Gasteiger partial charge in [0.15, 0.2) is 0 Å². The van der Waals surface area contributed by atoms with Crippen LogP contribution < -0.4 is 10.6 Å². The van der Waals surface area contributed by atoms with E-state index in [9.17, 15) is 22.8 Å². The van der Waals surface area contributed by atoms with Gasteiger partial charge in [-0.1, -0.05) is 36.4 Å². The largest absolute Gasteiger partial charge is 0.416 e. The second kappa shape index (κ2) is 11.7. The smallest absolute Gasteiger partial charge is 0.381 e. The number of amides is 2. The Morgan fingerprint density at radius 1 is 1.05 bits per heavy atom. The fourth-order valence-corrected chi connectivity index (χ4v) is 6.07. The molecule has 3 unspecified atom stereocenters. The number of benzene rings is 2. The van der Waals surface area contributed by atoms with Gasteiger partial charge in [-0.2, -0.15) is 13.2 Å². The van der Waals surface area contributed by atoms with Crippen molar-refractivity contribution in [1.82, 2.24) is 15.5 Å². The number of ether oxygens (including phenoxy) is 2.